The maximum Gasteiger partial charge on any atom is 0.488 e. The van der Waals surface area contributed by atoms with Crippen molar-refractivity contribution < 1.29 is 55.4 Å². The Labute approximate surface area is 178 Å². The molecule has 0 aliphatic carbocycles. The Kier molecular flexibility index (Phi) is 7.22. The van der Waals surface area contributed by atoms with Crippen molar-refractivity contribution in [1.82, 2.24) is 0 Å². The standard InChI is InChI=1S/C17H14B2F6O6S/c1-9(26)8-32(31,14-4-10(16(20,21)22)2-12(6-14)18(27)28)15-5-11(17(23,24)25)3-13(7-15)19(29)30/h2-8,27-30H,1H3. The van der Waals surface area contributed by atoms with E-state index in [1.807, 2.05) is 0 Å². The topological polar surface area (TPSA) is 115 Å². The van der Waals surface area contributed by atoms with Gasteiger partial charge in [0.05, 0.1) is 11.1 Å². The van der Waals surface area contributed by atoms with Crippen molar-refractivity contribution in [2.24, 2.45) is 0 Å². The zero-order valence-corrected chi connectivity index (χ0v) is 16.8. The molecular formula is C17H14B2F6O6S. The van der Waals surface area contributed by atoms with Crippen LogP contribution in [0.2, 0.25) is 0 Å². The number of carbonyl (C=O) groups excluding carboxylic acids is 1. The van der Waals surface area contributed by atoms with Gasteiger partial charge in [0.1, 0.15) is 0 Å². The molecule has 0 saturated carbocycles. The highest BCUT2D eigenvalue weighted by atomic mass is 32.2. The van der Waals surface area contributed by atoms with Crippen LogP contribution in [0.5, 0.6) is 0 Å². The summed E-state index contributed by atoms with van der Waals surface area (Å²) in [4.78, 5) is 10.0. The molecular weight excluding hydrogens is 468 g/mol. The molecule has 0 fully saturated rings. The van der Waals surface area contributed by atoms with Crippen molar-refractivity contribution >= 4 is 45.8 Å². The van der Waals surface area contributed by atoms with Crippen LogP contribution < -0.4 is 10.9 Å². The van der Waals surface area contributed by atoms with Gasteiger partial charge in [-0.25, -0.2) is 0 Å². The van der Waals surface area contributed by atoms with Gasteiger partial charge in [0.25, 0.3) is 0 Å². The van der Waals surface area contributed by atoms with E-state index in [2.05, 4.69) is 0 Å². The normalized spacial score (nSPS) is 12.5. The quantitative estimate of drug-likeness (QED) is 0.275. The molecule has 0 atom stereocenters. The lowest BCUT2D eigenvalue weighted by Crippen LogP contribution is -2.33. The molecule has 0 saturated heterocycles. The third-order valence-corrected chi connectivity index (χ3v) is 6.68. The summed E-state index contributed by atoms with van der Waals surface area (Å²) in [6.45, 7) is 0.852. The average molecular weight is 482 g/mol. The molecule has 0 heterocycles. The first-order chi connectivity index (χ1) is 14.4. The van der Waals surface area contributed by atoms with Gasteiger partial charge in [0, 0.05) is 24.7 Å². The number of Topliss-reactive ketones (excluding diaryl/α,β-unsaturated/α-hetero) is 1. The van der Waals surface area contributed by atoms with Crippen LogP contribution in [-0.4, -0.2) is 49.7 Å². The molecule has 0 aliphatic heterocycles. The van der Waals surface area contributed by atoms with Crippen LogP contribution in [0.25, 0.3) is 0 Å². The first kappa shape index (κ1) is 25.9. The second-order valence-electron chi connectivity index (χ2n) is 6.65. The molecule has 2 aromatic carbocycles. The Morgan fingerprint density at radius 1 is 0.781 bits per heavy atom. The fourth-order valence-corrected chi connectivity index (χ4v) is 4.96. The zero-order chi connectivity index (χ0) is 24.6. The Morgan fingerprint density at radius 3 is 1.38 bits per heavy atom. The van der Waals surface area contributed by atoms with Crippen molar-refractivity contribution in [2.45, 2.75) is 29.1 Å². The highest BCUT2D eigenvalue weighted by Crippen LogP contribution is 2.34. The minimum absolute atomic E-state index is 0.295. The van der Waals surface area contributed by atoms with Crippen LogP contribution in [0.15, 0.2) is 46.2 Å². The number of hydrogen-bond donors (Lipinski definition) is 4. The molecule has 0 unspecified atom stereocenters. The molecule has 0 amide bonds. The van der Waals surface area contributed by atoms with E-state index in [1.54, 1.807) is 0 Å². The van der Waals surface area contributed by atoms with Gasteiger partial charge in [-0.2, -0.15) is 26.3 Å². The first-order valence-electron chi connectivity index (χ1n) is 8.51. The molecule has 0 radical (unpaired) electrons. The fraction of sp³-hybridized carbons (Fsp3) is 0.176. The molecule has 172 valence electrons. The highest BCUT2D eigenvalue weighted by molar-refractivity contribution is 8.02. The predicted molar refractivity (Wildman–Crippen MR) is 104 cm³/mol. The van der Waals surface area contributed by atoms with Gasteiger partial charge in [0.15, 0.2) is 5.78 Å². The largest absolute Gasteiger partial charge is 0.488 e. The lowest BCUT2D eigenvalue weighted by atomic mass is 9.79. The number of rotatable bonds is 5. The second-order valence-corrected chi connectivity index (χ2v) is 9.03. The summed E-state index contributed by atoms with van der Waals surface area (Å²) < 4.78 is 93.6. The number of halogens is 6. The Morgan fingerprint density at radius 2 is 1.12 bits per heavy atom. The van der Waals surface area contributed by atoms with E-state index in [1.165, 1.54) is 0 Å². The van der Waals surface area contributed by atoms with Crippen LogP contribution in [0, 0.1) is 0 Å². The second kappa shape index (κ2) is 8.90. The highest BCUT2D eigenvalue weighted by Gasteiger charge is 2.36. The Bertz CT molecular complexity index is 1080. The van der Waals surface area contributed by atoms with Gasteiger partial charge in [-0.05, 0) is 42.1 Å². The van der Waals surface area contributed by atoms with Crippen molar-refractivity contribution in [3.8, 4) is 0 Å². The van der Waals surface area contributed by atoms with Crippen LogP contribution in [-0.2, 0) is 26.7 Å². The van der Waals surface area contributed by atoms with E-state index in [4.69, 9.17) is 0 Å². The van der Waals surface area contributed by atoms with Gasteiger partial charge >= 0.3 is 26.6 Å². The monoisotopic (exact) mass is 482 g/mol. The van der Waals surface area contributed by atoms with Crippen molar-refractivity contribution in [3.63, 3.8) is 0 Å². The van der Waals surface area contributed by atoms with Crippen molar-refractivity contribution in [2.75, 3.05) is 0 Å². The van der Waals surface area contributed by atoms with E-state index < -0.39 is 73.7 Å². The number of ketones is 1. The van der Waals surface area contributed by atoms with Gasteiger partial charge in [-0.3, -0.25) is 9.00 Å². The number of alkyl halides is 6. The summed E-state index contributed by atoms with van der Waals surface area (Å²) in [5.74, 6) is -0.984. The first-order valence-corrected chi connectivity index (χ1v) is 10.1. The number of benzene rings is 2. The summed E-state index contributed by atoms with van der Waals surface area (Å²) in [7, 11) is -9.27. The smallest absolute Gasteiger partial charge is 0.423 e. The third-order valence-electron chi connectivity index (χ3n) is 4.14. The van der Waals surface area contributed by atoms with Gasteiger partial charge in [-0.1, -0.05) is 12.1 Å². The Hall–Kier alpha value is -2.32. The van der Waals surface area contributed by atoms with Crippen molar-refractivity contribution in [3.05, 3.63) is 47.5 Å². The summed E-state index contributed by atoms with van der Waals surface area (Å²) in [5, 5.41) is 37.7. The maximum absolute atomic E-state index is 13.8. The van der Waals surface area contributed by atoms with E-state index in [-0.39, 0.29) is 0 Å². The van der Waals surface area contributed by atoms with E-state index >= 15 is 0 Å². The molecule has 0 aromatic heterocycles. The molecule has 0 spiro atoms. The molecule has 15 heteroatoms. The molecule has 0 bridgehead atoms. The van der Waals surface area contributed by atoms with E-state index in [0.29, 0.717) is 41.8 Å². The molecule has 32 heavy (non-hydrogen) atoms. The van der Waals surface area contributed by atoms with Crippen LogP contribution in [0.3, 0.4) is 0 Å². The van der Waals surface area contributed by atoms with Crippen molar-refractivity contribution in [1.29, 1.82) is 0 Å². The maximum atomic E-state index is 13.8. The minimum atomic E-state index is -5.07. The summed E-state index contributed by atoms with van der Waals surface area (Å²) in [5.41, 5.74) is -4.57. The SMILES string of the molecule is CC(=O)C=S(=O)(c1cc(B(O)O)cc(C(F)(F)F)c1)c1cc(B(O)O)cc(C(F)(F)F)c1. The van der Waals surface area contributed by atoms with Crippen LogP contribution in [0.4, 0.5) is 26.3 Å². The third kappa shape index (κ3) is 5.72. The minimum Gasteiger partial charge on any atom is -0.423 e. The Balaban J connectivity index is 3.01. The molecule has 2 aromatic rings. The molecule has 2 rings (SSSR count). The zero-order valence-electron chi connectivity index (χ0n) is 16.0. The summed E-state index contributed by atoms with van der Waals surface area (Å²) >= 11 is 0. The average Bonchev–Trinajstić information content (AvgIpc) is 2.65. The molecule has 4 N–H and O–H groups in total. The van der Waals surface area contributed by atoms with E-state index in [0.717, 1.165) is 6.92 Å². The van der Waals surface area contributed by atoms with Gasteiger partial charge < -0.3 is 20.1 Å². The van der Waals surface area contributed by atoms with E-state index in [9.17, 15) is 55.4 Å². The van der Waals surface area contributed by atoms with Crippen LogP contribution >= 0.6 is 0 Å². The van der Waals surface area contributed by atoms with Gasteiger partial charge in [-0.15, -0.1) is 0 Å². The number of carbonyl (C=O) groups is 1. The number of hydrogen-bond acceptors (Lipinski definition) is 6. The lowest BCUT2D eigenvalue weighted by molar-refractivity contribution is -0.138. The molecule has 6 nitrogen and oxygen atoms in total. The summed E-state index contributed by atoms with van der Waals surface area (Å²) in [6.07, 6.45) is -10.1. The lowest BCUT2D eigenvalue weighted by Gasteiger charge is -2.18. The molecule has 0 aliphatic rings. The fourth-order valence-electron chi connectivity index (χ4n) is 2.73. The van der Waals surface area contributed by atoms with Gasteiger partial charge in [0.2, 0.25) is 0 Å². The summed E-state index contributed by atoms with van der Waals surface area (Å²) in [6, 6.07) is 2.52. The van der Waals surface area contributed by atoms with Crippen LogP contribution in [0.1, 0.15) is 18.1 Å². The predicted octanol–water partition coefficient (Wildman–Crippen LogP) is 0.177.